The van der Waals surface area contributed by atoms with Gasteiger partial charge in [-0.05, 0) is 11.5 Å². The van der Waals surface area contributed by atoms with E-state index in [2.05, 4.69) is 4.98 Å². The van der Waals surface area contributed by atoms with Gasteiger partial charge in [0.05, 0.1) is 0 Å². The van der Waals surface area contributed by atoms with Crippen molar-refractivity contribution in [3.63, 3.8) is 0 Å². The first-order chi connectivity index (χ1) is 6.59. The molecule has 0 radical (unpaired) electrons. The van der Waals surface area contributed by atoms with Crippen LogP contribution in [0.5, 0.6) is 0 Å². The molecule has 0 saturated heterocycles. The molecular weight excluding hydrogens is 225 g/mol. The van der Waals surface area contributed by atoms with Crippen molar-refractivity contribution in [2.75, 3.05) is 0 Å². The van der Waals surface area contributed by atoms with Crippen LogP contribution in [-0.2, 0) is 10.1 Å². The Hall–Kier alpha value is -0.460. The molecule has 2 rings (SSSR count). The Morgan fingerprint density at radius 3 is 2.47 bits per heavy atom. The van der Waals surface area contributed by atoms with Gasteiger partial charge in [0, 0.05) is 11.6 Å². The van der Waals surface area contributed by atoms with Gasteiger partial charge in [-0.2, -0.15) is 0 Å². The second kappa shape index (κ2) is 4.59. The van der Waals surface area contributed by atoms with Crippen LogP contribution in [0.3, 0.4) is 0 Å². The second-order valence-corrected chi connectivity index (χ2v) is 4.09. The van der Waals surface area contributed by atoms with E-state index in [0.29, 0.717) is 10.8 Å². The molecule has 0 amide bonds. The minimum atomic E-state index is -4.49. The number of nitrogens with zero attached hydrogens (tertiary/aromatic N) is 1. The van der Waals surface area contributed by atoms with Crippen molar-refractivity contribution in [3.05, 3.63) is 36.5 Å². The number of hydrogen-bond acceptors (Lipinski definition) is 4. The van der Waals surface area contributed by atoms with Crippen molar-refractivity contribution < 1.29 is 42.5 Å². The van der Waals surface area contributed by atoms with Crippen LogP contribution in [0.2, 0.25) is 0 Å². The van der Waals surface area contributed by atoms with Gasteiger partial charge in [-0.25, -0.2) is 13.4 Å². The molecule has 6 heteroatoms. The maximum Gasteiger partial charge on any atom is 1.00 e. The summed E-state index contributed by atoms with van der Waals surface area (Å²) >= 11 is 0. The van der Waals surface area contributed by atoms with Gasteiger partial charge in [0.1, 0.15) is 15.1 Å². The summed E-state index contributed by atoms with van der Waals surface area (Å²) in [6.07, 6.45) is 1.31. The number of hydrogen-bond donors (Lipinski definition) is 0. The number of benzene rings is 1. The molecule has 0 bridgehead atoms. The summed E-state index contributed by atoms with van der Waals surface area (Å²) < 4.78 is 32.5. The van der Waals surface area contributed by atoms with Crippen LogP contribution < -0.4 is 29.6 Å². The van der Waals surface area contributed by atoms with E-state index in [9.17, 15) is 13.0 Å². The van der Waals surface area contributed by atoms with Gasteiger partial charge in [-0.15, -0.1) is 0 Å². The predicted molar refractivity (Wildman–Crippen MR) is 49.7 cm³/mol. The molecule has 0 fully saturated rings. The van der Waals surface area contributed by atoms with Crippen LogP contribution in [0.1, 0.15) is 0 Å². The van der Waals surface area contributed by atoms with Crippen molar-refractivity contribution in [2.45, 2.75) is 5.03 Å². The molecule has 0 aliphatic heterocycles. The second-order valence-electron chi connectivity index (χ2n) is 2.79. The van der Waals surface area contributed by atoms with Crippen molar-refractivity contribution in [2.24, 2.45) is 0 Å². The SMILES string of the molecule is O=S(=O)([O-])c1nccc2ccccc12.[Na+]. The number of fused-ring (bicyclic) bond motifs is 1. The molecule has 0 spiro atoms. The number of aromatic nitrogens is 1. The van der Waals surface area contributed by atoms with Crippen LogP contribution in [-0.4, -0.2) is 18.0 Å². The normalized spacial score (nSPS) is 11.0. The van der Waals surface area contributed by atoms with E-state index < -0.39 is 15.1 Å². The molecule has 4 nitrogen and oxygen atoms in total. The average Bonchev–Trinajstić information content (AvgIpc) is 2.15. The van der Waals surface area contributed by atoms with Crippen LogP contribution in [0.4, 0.5) is 0 Å². The monoisotopic (exact) mass is 231 g/mol. The van der Waals surface area contributed by atoms with Gasteiger partial charge in [-0.3, -0.25) is 0 Å². The molecule has 1 heterocycles. The topological polar surface area (TPSA) is 70.1 Å². The first kappa shape index (κ1) is 12.6. The van der Waals surface area contributed by atoms with Gasteiger partial charge in [-0.1, -0.05) is 24.3 Å². The van der Waals surface area contributed by atoms with Crippen molar-refractivity contribution in [3.8, 4) is 0 Å². The van der Waals surface area contributed by atoms with E-state index in [1.165, 1.54) is 6.20 Å². The van der Waals surface area contributed by atoms with Crippen molar-refractivity contribution >= 4 is 20.9 Å². The summed E-state index contributed by atoms with van der Waals surface area (Å²) in [6, 6.07) is 8.38. The molecule has 0 saturated carbocycles. The van der Waals surface area contributed by atoms with E-state index in [4.69, 9.17) is 0 Å². The van der Waals surface area contributed by atoms with Crippen LogP contribution in [0.15, 0.2) is 41.6 Å². The fourth-order valence-corrected chi connectivity index (χ4v) is 1.94. The van der Waals surface area contributed by atoms with E-state index in [1.54, 1.807) is 30.3 Å². The van der Waals surface area contributed by atoms with Gasteiger partial charge in [0.25, 0.3) is 0 Å². The number of pyridine rings is 1. The molecule has 1 aromatic carbocycles. The maximum atomic E-state index is 10.8. The fraction of sp³-hybridized carbons (Fsp3) is 0. The summed E-state index contributed by atoms with van der Waals surface area (Å²) in [5, 5.41) is 0.650. The third kappa shape index (κ3) is 2.56. The Kier molecular flexibility index (Phi) is 3.86. The molecule has 0 aliphatic carbocycles. The Balaban J connectivity index is 0.00000112. The zero-order valence-electron chi connectivity index (χ0n) is 8.04. The van der Waals surface area contributed by atoms with Crippen LogP contribution in [0, 0.1) is 0 Å². The zero-order chi connectivity index (χ0) is 10.2. The Morgan fingerprint density at radius 1 is 1.13 bits per heavy atom. The van der Waals surface area contributed by atoms with Gasteiger partial charge < -0.3 is 4.55 Å². The standard InChI is InChI=1S/C9H7NO3S.Na/c11-14(12,13)9-8-4-2-1-3-7(8)5-6-10-9;/h1-6H,(H,11,12,13);/q;+1/p-1. The molecule has 0 aliphatic rings. The molecule has 2 aromatic rings. The largest absolute Gasteiger partial charge is 1.00 e. The van der Waals surface area contributed by atoms with E-state index in [-0.39, 0.29) is 29.6 Å². The Bertz CT molecular complexity index is 577. The Labute approximate surface area is 109 Å². The molecular formula is C9H6NNaO3S. The predicted octanol–water partition coefficient (Wildman–Crippen LogP) is -1.86. The first-order valence-electron chi connectivity index (χ1n) is 3.89. The molecule has 15 heavy (non-hydrogen) atoms. The van der Waals surface area contributed by atoms with Crippen molar-refractivity contribution in [1.29, 1.82) is 0 Å². The minimum Gasteiger partial charge on any atom is -0.743 e. The van der Waals surface area contributed by atoms with Crippen LogP contribution >= 0.6 is 0 Å². The van der Waals surface area contributed by atoms with E-state index in [1.807, 2.05) is 0 Å². The van der Waals surface area contributed by atoms with Gasteiger partial charge in [0.15, 0.2) is 0 Å². The smallest absolute Gasteiger partial charge is 0.743 e. The van der Waals surface area contributed by atoms with E-state index >= 15 is 0 Å². The molecule has 0 unspecified atom stereocenters. The van der Waals surface area contributed by atoms with E-state index in [0.717, 1.165) is 0 Å². The summed E-state index contributed by atoms with van der Waals surface area (Å²) in [5.74, 6) is 0. The molecule has 0 atom stereocenters. The molecule has 72 valence electrons. The summed E-state index contributed by atoms with van der Waals surface area (Å²) in [5.41, 5.74) is 0. The first-order valence-corrected chi connectivity index (χ1v) is 5.29. The quantitative estimate of drug-likeness (QED) is 0.426. The van der Waals surface area contributed by atoms with Gasteiger partial charge in [0.2, 0.25) is 0 Å². The Morgan fingerprint density at radius 2 is 1.80 bits per heavy atom. The summed E-state index contributed by atoms with van der Waals surface area (Å²) in [6.45, 7) is 0. The summed E-state index contributed by atoms with van der Waals surface area (Å²) in [4.78, 5) is 3.58. The molecule has 1 aromatic heterocycles. The third-order valence-electron chi connectivity index (χ3n) is 1.87. The van der Waals surface area contributed by atoms with Gasteiger partial charge >= 0.3 is 29.6 Å². The molecule has 0 N–H and O–H groups in total. The minimum absolute atomic E-state index is 0. The average molecular weight is 231 g/mol. The van der Waals surface area contributed by atoms with Crippen molar-refractivity contribution in [1.82, 2.24) is 4.98 Å². The fourth-order valence-electron chi connectivity index (χ4n) is 1.29. The van der Waals surface area contributed by atoms with Crippen LogP contribution in [0.25, 0.3) is 10.8 Å². The third-order valence-corrected chi connectivity index (χ3v) is 2.67. The number of rotatable bonds is 1. The summed E-state index contributed by atoms with van der Waals surface area (Å²) in [7, 11) is -4.49. The maximum absolute atomic E-state index is 10.8. The zero-order valence-corrected chi connectivity index (χ0v) is 10.9.